The Morgan fingerprint density at radius 3 is 2.31 bits per heavy atom. The van der Waals surface area contributed by atoms with Crippen LogP contribution in [0.15, 0.2) is 0 Å². The van der Waals surface area contributed by atoms with Crippen LogP contribution in [0.3, 0.4) is 0 Å². The van der Waals surface area contributed by atoms with Crippen molar-refractivity contribution in [1.29, 1.82) is 0 Å². The molecule has 0 fully saturated rings. The smallest absolute Gasteiger partial charge is 0.00233 e. The summed E-state index contributed by atoms with van der Waals surface area (Å²) in [5.41, 5.74) is 0. The highest BCUT2D eigenvalue weighted by Crippen LogP contribution is 2.02. The highest BCUT2D eigenvalue weighted by atomic mass is 14.8. The van der Waals surface area contributed by atoms with Crippen molar-refractivity contribution in [2.75, 3.05) is 13.1 Å². The monoisotopic (exact) mass is 185 g/mol. The predicted octanol–water partition coefficient (Wildman–Crippen LogP) is 3.59. The molecule has 0 radical (unpaired) electrons. The molecule has 1 atom stereocenters. The van der Waals surface area contributed by atoms with Crippen LogP contribution in [0.4, 0.5) is 0 Å². The third-order valence-electron chi connectivity index (χ3n) is 2.65. The van der Waals surface area contributed by atoms with E-state index in [1.165, 1.54) is 51.6 Å². The Morgan fingerprint density at radius 1 is 1.00 bits per heavy atom. The van der Waals surface area contributed by atoms with Gasteiger partial charge >= 0.3 is 0 Å². The molecule has 80 valence electrons. The molecule has 0 rings (SSSR count). The highest BCUT2D eigenvalue weighted by molar-refractivity contribution is 4.54. The molecule has 1 nitrogen and oxygen atoms in total. The van der Waals surface area contributed by atoms with Gasteiger partial charge < -0.3 is 5.32 Å². The first-order chi connectivity index (χ1) is 6.31. The average Bonchev–Trinajstić information content (AvgIpc) is 2.16. The summed E-state index contributed by atoms with van der Waals surface area (Å²) < 4.78 is 0. The van der Waals surface area contributed by atoms with E-state index in [0.717, 1.165) is 5.92 Å². The van der Waals surface area contributed by atoms with E-state index in [-0.39, 0.29) is 0 Å². The molecule has 0 spiro atoms. The minimum absolute atomic E-state index is 0.843. The summed E-state index contributed by atoms with van der Waals surface area (Å²) in [6.07, 6.45) is 8.23. The second-order valence-electron chi connectivity index (χ2n) is 4.13. The second kappa shape index (κ2) is 10.0. The van der Waals surface area contributed by atoms with Gasteiger partial charge in [-0.15, -0.1) is 0 Å². The summed E-state index contributed by atoms with van der Waals surface area (Å²) in [4.78, 5) is 0. The van der Waals surface area contributed by atoms with Gasteiger partial charge in [0.2, 0.25) is 0 Å². The van der Waals surface area contributed by atoms with Gasteiger partial charge in [-0.1, -0.05) is 52.9 Å². The quantitative estimate of drug-likeness (QED) is 0.541. The molecule has 0 aromatic heterocycles. The van der Waals surface area contributed by atoms with E-state index in [1.54, 1.807) is 0 Å². The number of hydrogen-bond acceptors (Lipinski definition) is 1. The summed E-state index contributed by atoms with van der Waals surface area (Å²) in [6.45, 7) is 9.25. The molecule has 13 heavy (non-hydrogen) atoms. The van der Waals surface area contributed by atoms with Crippen molar-refractivity contribution < 1.29 is 0 Å². The molecule has 0 aromatic rings. The maximum atomic E-state index is 3.51. The fourth-order valence-electron chi connectivity index (χ4n) is 1.35. The van der Waals surface area contributed by atoms with Crippen molar-refractivity contribution in [2.24, 2.45) is 5.92 Å². The minimum Gasteiger partial charge on any atom is -0.316 e. The number of nitrogens with one attached hydrogen (secondary N) is 1. The van der Waals surface area contributed by atoms with E-state index in [9.17, 15) is 0 Å². The van der Waals surface area contributed by atoms with Gasteiger partial charge in [-0.25, -0.2) is 0 Å². The van der Waals surface area contributed by atoms with Crippen LogP contribution in [0.5, 0.6) is 0 Å². The van der Waals surface area contributed by atoms with E-state index in [0.29, 0.717) is 0 Å². The van der Waals surface area contributed by atoms with Crippen molar-refractivity contribution in [2.45, 2.75) is 59.3 Å². The van der Waals surface area contributed by atoms with Crippen LogP contribution in [0.25, 0.3) is 0 Å². The van der Waals surface area contributed by atoms with Gasteiger partial charge in [-0.05, 0) is 25.4 Å². The Morgan fingerprint density at radius 2 is 1.69 bits per heavy atom. The first-order valence-electron chi connectivity index (χ1n) is 6.02. The molecule has 0 aliphatic carbocycles. The summed E-state index contributed by atoms with van der Waals surface area (Å²) in [5.74, 6) is 0.843. The fraction of sp³-hybridized carbons (Fsp3) is 1.00. The number of unbranched alkanes of at least 4 members (excludes halogenated alkanes) is 4. The van der Waals surface area contributed by atoms with Gasteiger partial charge in [0.05, 0.1) is 0 Å². The summed E-state index contributed by atoms with van der Waals surface area (Å²) >= 11 is 0. The van der Waals surface area contributed by atoms with E-state index in [2.05, 4.69) is 26.1 Å². The normalized spacial score (nSPS) is 13.2. The third-order valence-corrected chi connectivity index (χ3v) is 2.65. The lowest BCUT2D eigenvalue weighted by molar-refractivity contribution is 0.487. The maximum Gasteiger partial charge on any atom is -0.00233 e. The van der Waals surface area contributed by atoms with E-state index >= 15 is 0 Å². The lowest BCUT2D eigenvalue weighted by Crippen LogP contribution is -2.21. The van der Waals surface area contributed by atoms with Crippen LogP contribution < -0.4 is 5.32 Å². The molecule has 0 amide bonds. The molecule has 0 saturated carbocycles. The zero-order chi connectivity index (χ0) is 9.94. The largest absolute Gasteiger partial charge is 0.316 e. The number of hydrogen-bond donors (Lipinski definition) is 1. The second-order valence-corrected chi connectivity index (χ2v) is 4.13. The molecule has 0 aliphatic rings. The van der Waals surface area contributed by atoms with Gasteiger partial charge in [-0.3, -0.25) is 0 Å². The first-order valence-corrected chi connectivity index (χ1v) is 6.02. The van der Waals surface area contributed by atoms with Crippen LogP contribution in [0.2, 0.25) is 0 Å². The van der Waals surface area contributed by atoms with Crippen LogP contribution in [0, 0.1) is 5.92 Å². The summed E-state index contributed by atoms with van der Waals surface area (Å²) in [7, 11) is 0. The third kappa shape index (κ3) is 9.88. The van der Waals surface area contributed by atoms with E-state index < -0.39 is 0 Å². The van der Waals surface area contributed by atoms with Crippen molar-refractivity contribution in [1.82, 2.24) is 5.32 Å². The van der Waals surface area contributed by atoms with Crippen LogP contribution in [0.1, 0.15) is 59.3 Å². The zero-order valence-corrected chi connectivity index (χ0v) is 9.73. The lowest BCUT2D eigenvalue weighted by atomic mass is 10.1. The first kappa shape index (κ1) is 13.0. The minimum atomic E-state index is 0.843. The Kier molecular flexibility index (Phi) is 10.0. The van der Waals surface area contributed by atoms with Gasteiger partial charge in [0, 0.05) is 0 Å². The summed E-state index contributed by atoms with van der Waals surface area (Å²) in [5, 5.41) is 3.51. The van der Waals surface area contributed by atoms with Crippen molar-refractivity contribution in [3.63, 3.8) is 0 Å². The Hall–Kier alpha value is -0.0400. The van der Waals surface area contributed by atoms with Gasteiger partial charge in [-0.2, -0.15) is 0 Å². The van der Waals surface area contributed by atoms with Crippen LogP contribution in [-0.2, 0) is 0 Å². The van der Waals surface area contributed by atoms with Crippen molar-refractivity contribution >= 4 is 0 Å². The Labute approximate surface area is 84.3 Å². The zero-order valence-electron chi connectivity index (χ0n) is 9.73. The molecular formula is C12H27N. The maximum absolute atomic E-state index is 3.51. The van der Waals surface area contributed by atoms with Crippen molar-refractivity contribution in [3.05, 3.63) is 0 Å². The standard InChI is InChI=1S/C12H27N/c1-4-6-7-8-9-10-13-11-12(3)5-2/h12-13H,4-11H2,1-3H3. The molecule has 0 heterocycles. The van der Waals surface area contributed by atoms with Gasteiger partial charge in [0.1, 0.15) is 0 Å². The Balaban J connectivity index is 2.91. The molecule has 1 unspecified atom stereocenters. The molecule has 1 heteroatoms. The highest BCUT2D eigenvalue weighted by Gasteiger charge is 1.96. The van der Waals surface area contributed by atoms with E-state index in [4.69, 9.17) is 0 Å². The van der Waals surface area contributed by atoms with Crippen molar-refractivity contribution in [3.8, 4) is 0 Å². The van der Waals surface area contributed by atoms with Gasteiger partial charge in [0.15, 0.2) is 0 Å². The molecule has 0 aliphatic heterocycles. The van der Waals surface area contributed by atoms with Crippen LogP contribution >= 0.6 is 0 Å². The van der Waals surface area contributed by atoms with Crippen LogP contribution in [-0.4, -0.2) is 13.1 Å². The van der Waals surface area contributed by atoms with E-state index in [1.807, 2.05) is 0 Å². The SMILES string of the molecule is CCCCCCCNCC(C)CC. The fourth-order valence-corrected chi connectivity index (χ4v) is 1.35. The van der Waals surface area contributed by atoms with Gasteiger partial charge in [0.25, 0.3) is 0 Å². The lowest BCUT2D eigenvalue weighted by Gasteiger charge is -2.09. The topological polar surface area (TPSA) is 12.0 Å². The average molecular weight is 185 g/mol. The molecular weight excluding hydrogens is 158 g/mol. The predicted molar refractivity (Wildman–Crippen MR) is 61.1 cm³/mol. The summed E-state index contributed by atoms with van der Waals surface area (Å²) in [6, 6.07) is 0. The number of rotatable bonds is 9. The molecule has 0 aromatic carbocycles. The molecule has 0 bridgehead atoms. The molecule has 0 saturated heterocycles. The molecule has 1 N–H and O–H groups in total. The Bertz CT molecular complexity index is 91.1.